The first-order chi connectivity index (χ1) is 12.5. The zero-order valence-corrected chi connectivity index (χ0v) is 14.3. The number of carbonyl (C=O) groups is 1. The molecule has 26 heavy (non-hydrogen) atoms. The second kappa shape index (κ2) is 7.40. The second-order valence-electron chi connectivity index (χ2n) is 5.65. The number of H-pyrrole nitrogens is 1. The number of nitriles is 1. The van der Waals surface area contributed by atoms with Crippen LogP contribution in [0.15, 0.2) is 48.5 Å². The van der Waals surface area contributed by atoms with Crippen molar-refractivity contribution in [3.63, 3.8) is 0 Å². The van der Waals surface area contributed by atoms with Crippen molar-refractivity contribution in [2.75, 3.05) is 10.6 Å². The molecule has 0 aliphatic carbocycles. The lowest BCUT2D eigenvalue weighted by Gasteiger charge is -2.10. The second-order valence-corrected chi connectivity index (χ2v) is 5.65. The van der Waals surface area contributed by atoms with Gasteiger partial charge in [0.1, 0.15) is 11.5 Å². The molecule has 0 spiro atoms. The van der Waals surface area contributed by atoms with E-state index in [1.807, 2.05) is 13.8 Å². The Bertz CT molecular complexity index is 951. The molecule has 0 fully saturated rings. The van der Waals surface area contributed by atoms with Crippen LogP contribution in [0.5, 0.6) is 11.5 Å². The highest BCUT2D eigenvalue weighted by atomic mass is 16.5. The number of ether oxygens (including phenoxy) is 1. The summed E-state index contributed by atoms with van der Waals surface area (Å²) in [5.74, 6) is 1.18. The first kappa shape index (κ1) is 17.0. The fraction of sp³-hybridized carbons (Fsp3) is 0.105. The Hall–Kier alpha value is -3.79. The maximum atomic E-state index is 12.2. The molecule has 3 rings (SSSR count). The van der Waals surface area contributed by atoms with E-state index in [0.29, 0.717) is 28.4 Å². The molecule has 0 aliphatic heterocycles. The van der Waals surface area contributed by atoms with E-state index in [0.717, 1.165) is 11.4 Å². The third kappa shape index (κ3) is 3.99. The van der Waals surface area contributed by atoms with Crippen LogP contribution in [-0.2, 0) is 0 Å². The topological polar surface area (TPSA) is 103 Å². The van der Waals surface area contributed by atoms with Crippen molar-refractivity contribution >= 4 is 17.4 Å². The molecule has 2 amide bonds. The number of benzene rings is 2. The molecule has 0 bridgehead atoms. The number of nitrogens with zero attached hydrogens (tertiary/aromatic N) is 2. The summed E-state index contributed by atoms with van der Waals surface area (Å²) in [5.41, 5.74) is 3.32. The summed E-state index contributed by atoms with van der Waals surface area (Å²) >= 11 is 0. The van der Waals surface area contributed by atoms with Crippen LogP contribution < -0.4 is 15.4 Å². The van der Waals surface area contributed by atoms with Gasteiger partial charge in [-0.15, -0.1) is 0 Å². The first-order valence-corrected chi connectivity index (χ1v) is 7.93. The smallest absolute Gasteiger partial charge is 0.323 e. The minimum absolute atomic E-state index is 0.367. The maximum absolute atomic E-state index is 12.2. The van der Waals surface area contributed by atoms with Gasteiger partial charge in [-0.3, -0.25) is 5.10 Å². The van der Waals surface area contributed by atoms with Gasteiger partial charge in [-0.05, 0) is 50.2 Å². The molecule has 1 aromatic heterocycles. The van der Waals surface area contributed by atoms with Crippen molar-refractivity contribution in [2.24, 2.45) is 0 Å². The number of nitrogens with one attached hydrogen (secondary N) is 3. The van der Waals surface area contributed by atoms with Crippen LogP contribution in [0.1, 0.15) is 17.0 Å². The molecule has 3 N–H and O–H groups in total. The van der Waals surface area contributed by atoms with E-state index in [2.05, 4.69) is 26.9 Å². The number of hydrogen-bond acceptors (Lipinski definition) is 4. The van der Waals surface area contributed by atoms with E-state index in [1.54, 1.807) is 48.5 Å². The van der Waals surface area contributed by atoms with Crippen LogP contribution >= 0.6 is 0 Å². The molecular weight excluding hydrogens is 330 g/mol. The average molecular weight is 347 g/mol. The molecule has 2 aromatic carbocycles. The molecule has 0 aliphatic rings. The number of anilines is 2. The summed E-state index contributed by atoms with van der Waals surface area (Å²) in [7, 11) is 0. The van der Waals surface area contributed by atoms with E-state index < -0.39 is 0 Å². The Balaban J connectivity index is 1.67. The van der Waals surface area contributed by atoms with Crippen LogP contribution in [0.3, 0.4) is 0 Å². The molecule has 0 saturated carbocycles. The van der Waals surface area contributed by atoms with Gasteiger partial charge in [-0.1, -0.05) is 6.07 Å². The average Bonchev–Trinajstić information content (AvgIpc) is 2.94. The highest BCUT2D eigenvalue weighted by molar-refractivity contribution is 6.00. The van der Waals surface area contributed by atoms with Crippen molar-refractivity contribution in [1.82, 2.24) is 10.2 Å². The monoisotopic (exact) mass is 347 g/mol. The van der Waals surface area contributed by atoms with Crippen LogP contribution in [0.2, 0.25) is 0 Å². The standard InChI is InChI=1S/C19H17N5O2/c1-12-18(13(2)24-23-12)22-19(25)21-15-4-3-5-17(10-15)26-16-8-6-14(11-20)7-9-16/h3-10H,1-2H3,(H,23,24)(H2,21,22,25). The Kier molecular flexibility index (Phi) is 4.85. The quantitative estimate of drug-likeness (QED) is 0.653. The number of amides is 2. The summed E-state index contributed by atoms with van der Waals surface area (Å²) in [4.78, 5) is 12.2. The number of rotatable bonds is 4. The minimum Gasteiger partial charge on any atom is -0.457 e. The van der Waals surface area contributed by atoms with E-state index >= 15 is 0 Å². The summed E-state index contributed by atoms with van der Waals surface area (Å²) in [6.07, 6.45) is 0. The fourth-order valence-electron chi connectivity index (χ4n) is 2.38. The van der Waals surface area contributed by atoms with E-state index in [4.69, 9.17) is 10.00 Å². The van der Waals surface area contributed by atoms with E-state index in [9.17, 15) is 4.79 Å². The van der Waals surface area contributed by atoms with Crippen LogP contribution in [0.25, 0.3) is 0 Å². The fourth-order valence-corrected chi connectivity index (χ4v) is 2.38. The van der Waals surface area contributed by atoms with Gasteiger partial charge in [0, 0.05) is 11.8 Å². The van der Waals surface area contributed by atoms with Gasteiger partial charge >= 0.3 is 6.03 Å². The third-order valence-electron chi connectivity index (χ3n) is 3.68. The number of aromatic nitrogens is 2. The minimum atomic E-state index is -0.367. The van der Waals surface area contributed by atoms with Crippen molar-refractivity contribution in [3.8, 4) is 17.6 Å². The number of aromatic amines is 1. The normalized spacial score (nSPS) is 10.0. The zero-order valence-electron chi connectivity index (χ0n) is 14.3. The molecule has 1 heterocycles. The molecular formula is C19H17N5O2. The Morgan fingerprint density at radius 1 is 1.12 bits per heavy atom. The van der Waals surface area contributed by atoms with Gasteiger partial charge < -0.3 is 15.4 Å². The number of hydrogen-bond donors (Lipinski definition) is 3. The van der Waals surface area contributed by atoms with Gasteiger partial charge in [0.05, 0.1) is 28.7 Å². The van der Waals surface area contributed by atoms with Gasteiger partial charge in [0.2, 0.25) is 0 Å². The van der Waals surface area contributed by atoms with E-state index in [1.165, 1.54) is 0 Å². The Morgan fingerprint density at radius 3 is 2.54 bits per heavy atom. The molecule has 0 unspecified atom stereocenters. The van der Waals surface area contributed by atoms with Crippen LogP contribution in [0.4, 0.5) is 16.2 Å². The summed E-state index contributed by atoms with van der Waals surface area (Å²) in [6, 6.07) is 15.5. The molecule has 3 aromatic rings. The molecule has 7 heteroatoms. The zero-order chi connectivity index (χ0) is 18.5. The largest absolute Gasteiger partial charge is 0.457 e. The maximum Gasteiger partial charge on any atom is 0.323 e. The summed E-state index contributed by atoms with van der Waals surface area (Å²) in [5, 5.41) is 21.2. The highest BCUT2D eigenvalue weighted by Gasteiger charge is 2.10. The summed E-state index contributed by atoms with van der Waals surface area (Å²) < 4.78 is 5.75. The Morgan fingerprint density at radius 2 is 1.88 bits per heavy atom. The lowest BCUT2D eigenvalue weighted by atomic mass is 10.2. The lowest BCUT2D eigenvalue weighted by molar-refractivity contribution is 0.262. The van der Waals surface area contributed by atoms with Crippen LogP contribution in [-0.4, -0.2) is 16.2 Å². The predicted molar refractivity (Wildman–Crippen MR) is 98.4 cm³/mol. The van der Waals surface area contributed by atoms with Gasteiger partial charge in [0.25, 0.3) is 0 Å². The molecule has 7 nitrogen and oxygen atoms in total. The third-order valence-corrected chi connectivity index (χ3v) is 3.68. The summed E-state index contributed by atoms with van der Waals surface area (Å²) in [6.45, 7) is 3.65. The SMILES string of the molecule is Cc1n[nH]c(C)c1NC(=O)Nc1cccc(Oc2ccc(C#N)cc2)c1. The molecule has 0 atom stereocenters. The number of urea groups is 1. The molecule has 130 valence electrons. The number of aryl methyl sites for hydroxylation is 2. The first-order valence-electron chi connectivity index (χ1n) is 7.93. The molecule has 0 radical (unpaired) electrons. The number of carbonyl (C=O) groups excluding carboxylic acids is 1. The van der Waals surface area contributed by atoms with Crippen molar-refractivity contribution in [2.45, 2.75) is 13.8 Å². The van der Waals surface area contributed by atoms with E-state index in [-0.39, 0.29) is 6.03 Å². The van der Waals surface area contributed by atoms with Crippen molar-refractivity contribution < 1.29 is 9.53 Å². The lowest BCUT2D eigenvalue weighted by Crippen LogP contribution is -2.20. The van der Waals surface area contributed by atoms with Crippen molar-refractivity contribution in [1.29, 1.82) is 5.26 Å². The van der Waals surface area contributed by atoms with Gasteiger partial charge in [-0.25, -0.2) is 4.79 Å². The van der Waals surface area contributed by atoms with Crippen molar-refractivity contribution in [3.05, 3.63) is 65.5 Å². The van der Waals surface area contributed by atoms with Crippen LogP contribution in [0, 0.1) is 25.2 Å². The molecule has 0 saturated heterocycles. The van der Waals surface area contributed by atoms with Gasteiger partial charge in [0.15, 0.2) is 0 Å². The van der Waals surface area contributed by atoms with Gasteiger partial charge in [-0.2, -0.15) is 10.4 Å². The predicted octanol–water partition coefficient (Wildman–Crippen LogP) is 4.33. The Labute approximate surface area is 150 Å². The highest BCUT2D eigenvalue weighted by Crippen LogP contribution is 2.24.